The van der Waals surface area contributed by atoms with Crippen LogP contribution in [0.3, 0.4) is 0 Å². The summed E-state index contributed by atoms with van der Waals surface area (Å²) < 4.78 is 22.4. The van der Waals surface area contributed by atoms with Crippen molar-refractivity contribution >= 4 is 16.9 Å². The Morgan fingerprint density at radius 2 is 1.93 bits per heavy atom. The fraction of sp³-hybridized carbons (Fsp3) is 0.300. The van der Waals surface area contributed by atoms with E-state index < -0.39 is 6.10 Å². The summed E-state index contributed by atoms with van der Waals surface area (Å²) in [6.07, 6.45) is 0.636. The van der Waals surface area contributed by atoms with Crippen LogP contribution in [-0.4, -0.2) is 43.2 Å². The van der Waals surface area contributed by atoms with Crippen LogP contribution < -0.4 is 10.2 Å². The number of carbonyl (C=O) groups is 1. The molecule has 3 heterocycles. The zero-order valence-corrected chi connectivity index (χ0v) is 14.8. The topological polar surface area (TPSA) is 82.1 Å². The number of para-hydroxylation sites is 1. The Kier molecular flexibility index (Phi) is 4.68. The lowest BCUT2D eigenvalue weighted by molar-refractivity contribution is -0.142. The van der Waals surface area contributed by atoms with Crippen molar-refractivity contribution < 1.29 is 23.1 Å². The molecule has 0 aliphatic carbocycles. The normalized spacial score (nSPS) is 15.7. The van der Waals surface area contributed by atoms with E-state index in [0.29, 0.717) is 43.0 Å². The lowest BCUT2D eigenvalue weighted by atomic mass is 10.2. The van der Waals surface area contributed by atoms with Gasteiger partial charge in [0.25, 0.3) is 5.91 Å². The molecule has 3 aromatic rings. The van der Waals surface area contributed by atoms with E-state index in [1.54, 1.807) is 48.2 Å². The van der Waals surface area contributed by atoms with E-state index in [1.807, 2.05) is 0 Å². The predicted octanol–water partition coefficient (Wildman–Crippen LogP) is 2.68. The van der Waals surface area contributed by atoms with Crippen LogP contribution in [0.15, 0.2) is 56.3 Å². The van der Waals surface area contributed by atoms with Crippen molar-refractivity contribution in [3.63, 3.8) is 0 Å². The van der Waals surface area contributed by atoms with Gasteiger partial charge in [-0.3, -0.25) is 9.59 Å². The van der Waals surface area contributed by atoms with Crippen molar-refractivity contribution in [1.82, 2.24) is 4.90 Å². The van der Waals surface area contributed by atoms with Crippen LogP contribution in [0.5, 0.6) is 5.75 Å². The molecule has 2 aromatic heterocycles. The highest BCUT2D eigenvalue weighted by Gasteiger charge is 2.27. The summed E-state index contributed by atoms with van der Waals surface area (Å²) in [5, 5.41) is 0.383. The van der Waals surface area contributed by atoms with E-state index in [2.05, 4.69) is 0 Å². The molecule has 1 aliphatic heterocycles. The summed E-state index contributed by atoms with van der Waals surface area (Å²) >= 11 is 0. The van der Waals surface area contributed by atoms with Gasteiger partial charge in [0.05, 0.1) is 24.9 Å². The third-order valence-corrected chi connectivity index (χ3v) is 4.47. The minimum Gasteiger partial charge on any atom is -0.473 e. The number of hydrogen-bond acceptors (Lipinski definition) is 6. The molecule has 7 nitrogen and oxygen atoms in total. The summed E-state index contributed by atoms with van der Waals surface area (Å²) in [6, 6.07) is 10.3. The van der Waals surface area contributed by atoms with E-state index in [9.17, 15) is 9.59 Å². The molecular weight excluding hydrogens is 350 g/mol. The zero-order chi connectivity index (χ0) is 18.8. The first kappa shape index (κ1) is 17.4. The van der Waals surface area contributed by atoms with Crippen molar-refractivity contribution in [3.8, 4) is 17.3 Å². The number of carbonyl (C=O) groups excluding carboxylic acids is 1. The number of nitrogens with zero attached hydrogens (tertiary/aromatic N) is 1. The highest BCUT2D eigenvalue weighted by atomic mass is 16.5. The fourth-order valence-electron chi connectivity index (χ4n) is 3.07. The average molecular weight is 369 g/mol. The molecule has 1 aromatic carbocycles. The van der Waals surface area contributed by atoms with Crippen molar-refractivity contribution in [2.45, 2.75) is 13.0 Å². The summed E-state index contributed by atoms with van der Waals surface area (Å²) in [4.78, 5) is 27.3. The van der Waals surface area contributed by atoms with Gasteiger partial charge in [-0.1, -0.05) is 12.1 Å². The maximum absolute atomic E-state index is 13.0. The van der Waals surface area contributed by atoms with Crippen LogP contribution in [0.4, 0.5) is 0 Å². The lowest BCUT2D eigenvalue weighted by Gasteiger charge is -2.29. The van der Waals surface area contributed by atoms with Crippen LogP contribution in [0.25, 0.3) is 22.5 Å². The Hall–Kier alpha value is -3.06. The molecule has 0 N–H and O–H groups in total. The molecule has 1 aliphatic rings. The molecule has 0 spiro atoms. The number of morpholine rings is 1. The van der Waals surface area contributed by atoms with Crippen molar-refractivity contribution in [2.24, 2.45) is 0 Å². The van der Waals surface area contributed by atoms with Gasteiger partial charge in [0.2, 0.25) is 16.9 Å². The van der Waals surface area contributed by atoms with E-state index in [0.717, 1.165) is 0 Å². The van der Waals surface area contributed by atoms with Crippen molar-refractivity contribution in [3.05, 3.63) is 52.9 Å². The minimum absolute atomic E-state index is 0.0299. The van der Waals surface area contributed by atoms with E-state index >= 15 is 0 Å². The molecule has 0 radical (unpaired) electrons. The van der Waals surface area contributed by atoms with Crippen molar-refractivity contribution in [1.29, 1.82) is 0 Å². The van der Waals surface area contributed by atoms with Gasteiger partial charge in [-0.05, 0) is 31.2 Å². The lowest BCUT2D eigenvalue weighted by Crippen LogP contribution is -2.46. The molecule has 1 atom stereocenters. The first-order valence-corrected chi connectivity index (χ1v) is 8.78. The van der Waals surface area contributed by atoms with Gasteiger partial charge in [-0.15, -0.1) is 0 Å². The first-order valence-electron chi connectivity index (χ1n) is 8.78. The van der Waals surface area contributed by atoms with Crippen LogP contribution >= 0.6 is 0 Å². The second kappa shape index (κ2) is 7.28. The Bertz CT molecular complexity index is 1000. The quantitative estimate of drug-likeness (QED) is 0.703. The molecular formula is C20H19NO6. The van der Waals surface area contributed by atoms with Gasteiger partial charge in [0.1, 0.15) is 5.58 Å². The number of amides is 1. The molecule has 1 saturated heterocycles. The largest absolute Gasteiger partial charge is 0.473 e. The Labute approximate surface area is 155 Å². The van der Waals surface area contributed by atoms with Crippen LogP contribution in [0, 0.1) is 0 Å². The maximum Gasteiger partial charge on any atom is 0.263 e. The molecule has 1 fully saturated rings. The summed E-state index contributed by atoms with van der Waals surface area (Å²) in [6.45, 7) is 3.62. The van der Waals surface area contributed by atoms with Gasteiger partial charge in [0.15, 0.2) is 11.9 Å². The number of hydrogen-bond donors (Lipinski definition) is 0. The number of fused-ring (bicyclic) bond motifs is 1. The van der Waals surface area contributed by atoms with Gasteiger partial charge >= 0.3 is 0 Å². The van der Waals surface area contributed by atoms with Gasteiger partial charge in [0, 0.05) is 13.1 Å². The first-order chi connectivity index (χ1) is 13.1. The molecule has 140 valence electrons. The van der Waals surface area contributed by atoms with E-state index in [-0.39, 0.29) is 22.8 Å². The van der Waals surface area contributed by atoms with Gasteiger partial charge in [-0.25, -0.2) is 0 Å². The Morgan fingerprint density at radius 3 is 2.67 bits per heavy atom. The van der Waals surface area contributed by atoms with E-state index in [1.165, 1.54) is 6.26 Å². The number of rotatable bonds is 4. The van der Waals surface area contributed by atoms with Crippen LogP contribution in [0.1, 0.15) is 6.92 Å². The highest BCUT2D eigenvalue weighted by Crippen LogP contribution is 2.31. The standard InChI is InChI=1S/C20H19NO6/c1-13(20(23)21-8-11-24-12-9-21)26-19-17(22)14-5-2-3-6-15(14)27-18(19)16-7-4-10-25-16/h2-7,10,13H,8-9,11-12H2,1H3/t13-/m1/s1. The molecule has 0 bridgehead atoms. The summed E-state index contributed by atoms with van der Waals surface area (Å²) in [7, 11) is 0. The molecule has 4 rings (SSSR count). The molecule has 0 saturated carbocycles. The fourth-order valence-corrected chi connectivity index (χ4v) is 3.07. The Morgan fingerprint density at radius 1 is 1.15 bits per heavy atom. The monoisotopic (exact) mass is 369 g/mol. The third kappa shape index (κ3) is 3.33. The number of ether oxygens (including phenoxy) is 2. The van der Waals surface area contributed by atoms with Gasteiger partial charge in [-0.2, -0.15) is 0 Å². The molecule has 1 amide bonds. The SMILES string of the molecule is C[C@@H](Oc1c(-c2ccco2)oc2ccccc2c1=O)C(=O)N1CCOCC1. The van der Waals surface area contributed by atoms with Crippen LogP contribution in [-0.2, 0) is 9.53 Å². The second-order valence-electron chi connectivity index (χ2n) is 6.26. The second-order valence-corrected chi connectivity index (χ2v) is 6.26. The highest BCUT2D eigenvalue weighted by molar-refractivity contribution is 5.83. The number of furan rings is 1. The molecule has 7 heteroatoms. The molecule has 0 unspecified atom stereocenters. The van der Waals surface area contributed by atoms with Gasteiger partial charge < -0.3 is 23.2 Å². The maximum atomic E-state index is 13.0. The Balaban J connectivity index is 1.73. The summed E-state index contributed by atoms with van der Waals surface area (Å²) in [5.41, 5.74) is 0.0817. The smallest absolute Gasteiger partial charge is 0.263 e. The number of benzene rings is 1. The van der Waals surface area contributed by atoms with Crippen molar-refractivity contribution in [2.75, 3.05) is 26.3 Å². The zero-order valence-electron chi connectivity index (χ0n) is 14.8. The van der Waals surface area contributed by atoms with E-state index in [4.69, 9.17) is 18.3 Å². The minimum atomic E-state index is -0.846. The van der Waals surface area contributed by atoms with Crippen LogP contribution in [0.2, 0.25) is 0 Å². The third-order valence-electron chi connectivity index (χ3n) is 4.47. The summed E-state index contributed by atoms with van der Waals surface area (Å²) in [5.74, 6) is 0.304. The predicted molar refractivity (Wildman–Crippen MR) is 97.7 cm³/mol. The average Bonchev–Trinajstić information content (AvgIpc) is 3.24. The molecule has 27 heavy (non-hydrogen) atoms.